The molecule has 0 spiro atoms. The lowest BCUT2D eigenvalue weighted by Gasteiger charge is -2.41. The van der Waals surface area contributed by atoms with E-state index < -0.39 is 0 Å². The Bertz CT molecular complexity index is 738. The van der Waals surface area contributed by atoms with E-state index in [0.717, 1.165) is 36.8 Å². The van der Waals surface area contributed by atoms with Crippen molar-refractivity contribution in [3.8, 4) is 17.2 Å². The molecule has 0 aromatic heterocycles. The van der Waals surface area contributed by atoms with Crippen LogP contribution >= 0.6 is 0 Å². The third-order valence-electron chi connectivity index (χ3n) is 4.57. The number of nitrogens with zero attached hydrogens (tertiary/aromatic N) is 1. The van der Waals surface area contributed by atoms with Crippen LogP contribution in [0.4, 0.5) is 0 Å². The maximum Gasteiger partial charge on any atom is 0.174 e. The Balaban J connectivity index is 1.96. The number of hydrogen-bond acceptors (Lipinski definition) is 3. The summed E-state index contributed by atoms with van der Waals surface area (Å²) in [5.74, 6) is 2.60. The van der Waals surface area contributed by atoms with Crippen LogP contribution in [0.2, 0.25) is 0 Å². The summed E-state index contributed by atoms with van der Waals surface area (Å²) in [5, 5.41) is 0. The summed E-state index contributed by atoms with van der Waals surface area (Å²) in [6.07, 6.45) is 3.01. The molecule has 112 valence electrons. The highest BCUT2D eigenvalue weighted by molar-refractivity contribution is 5.62. The SMILES string of the molecule is C=CCN1CCc2ccc(OC)c3c2C1c1ccccc1O3. The third kappa shape index (κ3) is 1.86. The first kappa shape index (κ1) is 13.4. The second-order valence-electron chi connectivity index (χ2n) is 5.75. The van der Waals surface area contributed by atoms with Gasteiger partial charge in [0, 0.05) is 24.2 Å². The van der Waals surface area contributed by atoms with E-state index >= 15 is 0 Å². The fraction of sp³-hybridized carbons (Fsp3) is 0.263. The van der Waals surface area contributed by atoms with Gasteiger partial charge in [0.1, 0.15) is 5.75 Å². The van der Waals surface area contributed by atoms with Crippen LogP contribution in [0.3, 0.4) is 0 Å². The van der Waals surface area contributed by atoms with Crippen LogP contribution in [0.1, 0.15) is 22.7 Å². The Kier molecular flexibility index (Phi) is 3.16. The number of ether oxygens (including phenoxy) is 2. The number of rotatable bonds is 3. The molecular weight excluding hydrogens is 274 g/mol. The zero-order valence-electron chi connectivity index (χ0n) is 12.7. The van der Waals surface area contributed by atoms with Crippen molar-refractivity contribution in [2.24, 2.45) is 0 Å². The fourth-order valence-electron chi connectivity index (χ4n) is 3.60. The molecule has 3 heteroatoms. The number of fused-ring (bicyclic) bond motifs is 2. The van der Waals surface area contributed by atoms with Crippen LogP contribution in [-0.2, 0) is 6.42 Å². The van der Waals surface area contributed by atoms with Crippen molar-refractivity contribution in [1.82, 2.24) is 4.90 Å². The quantitative estimate of drug-likeness (QED) is 0.800. The van der Waals surface area contributed by atoms with Crippen molar-refractivity contribution in [3.63, 3.8) is 0 Å². The largest absolute Gasteiger partial charge is 0.493 e. The van der Waals surface area contributed by atoms with Gasteiger partial charge in [0.25, 0.3) is 0 Å². The second kappa shape index (κ2) is 5.18. The molecule has 0 amide bonds. The lowest BCUT2D eigenvalue weighted by molar-refractivity contribution is 0.218. The molecule has 1 unspecified atom stereocenters. The molecule has 22 heavy (non-hydrogen) atoms. The minimum Gasteiger partial charge on any atom is -0.493 e. The second-order valence-corrected chi connectivity index (χ2v) is 5.75. The molecule has 0 radical (unpaired) electrons. The Labute approximate surface area is 130 Å². The highest BCUT2D eigenvalue weighted by Gasteiger charge is 2.37. The number of benzene rings is 2. The molecule has 0 aliphatic carbocycles. The normalized spacial score (nSPS) is 18.9. The average Bonchev–Trinajstić information content (AvgIpc) is 2.57. The first-order valence-electron chi connectivity index (χ1n) is 7.65. The smallest absolute Gasteiger partial charge is 0.174 e. The first-order chi connectivity index (χ1) is 10.8. The summed E-state index contributed by atoms with van der Waals surface area (Å²) in [4.78, 5) is 2.46. The Morgan fingerprint density at radius 3 is 3.00 bits per heavy atom. The van der Waals surface area contributed by atoms with Gasteiger partial charge in [-0.3, -0.25) is 4.90 Å². The van der Waals surface area contributed by atoms with E-state index in [4.69, 9.17) is 9.47 Å². The van der Waals surface area contributed by atoms with Crippen molar-refractivity contribution in [2.75, 3.05) is 20.2 Å². The van der Waals surface area contributed by atoms with Gasteiger partial charge in [-0.2, -0.15) is 0 Å². The van der Waals surface area contributed by atoms with Crippen LogP contribution in [0.25, 0.3) is 0 Å². The first-order valence-corrected chi connectivity index (χ1v) is 7.65. The predicted octanol–water partition coefficient (Wildman–Crippen LogP) is 3.93. The molecule has 0 bridgehead atoms. The van der Waals surface area contributed by atoms with Crippen LogP contribution in [0.5, 0.6) is 17.2 Å². The molecule has 0 saturated carbocycles. The molecule has 4 rings (SSSR count). The van der Waals surface area contributed by atoms with Crippen LogP contribution in [0, 0.1) is 0 Å². The summed E-state index contributed by atoms with van der Waals surface area (Å²) in [7, 11) is 1.70. The maximum atomic E-state index is 6.20. The molecular formula is C19H19NO2. The summed E-state index contributed by atoms with van der Waals surface area (Å²) >= 11 is 0. The molecule has 0 saturated heterocycles. The summed E-state index contributed by atoms with van der Waals surface area (Å²) in [6.45, 7) is 5.81. The zero-order chi connectivity index (χ0) is 15.1. The van der Waals surface area contributed by atoms with E-state index in [1.54, 1.807) is 7.11 Å². The highest BCUT2D eigenvalue weighted by Crippen LogP contribution is 2.52. The maximum absolute atomic E-state index is 6.20. The lowest BCUT2D eigenvalue weighted by Crippen LogP contribution is -2.37. The van der Waals surface area contributed by atoms with E-state index in [1.165, 1.54) is 16.7 Å². The standard InChI is InChI=1S/C19H19NO2/c1-3-11-20-12-10-13-8-9-16(21-2)19-17(13)18(20)14-6-4-5-7-15(14)22-19/h3-9,18H,1,10-12H2,2H3. The van der Waals surface area contributed by atoms with Gasteiger partial charge in [-0.25, -0.2) is 0 Å². The zero-order valence-corrected chi connectivity index (χ0v) is 12.7. The Hall–Kier alpha value is -2.26. The van der Waals surface area contributed by atoms with Crippen molar-refractivity contribution >= 4 is 0 Å². The van der Waals surface area contributed by atoms with E-state index in [2.05, 4.69) is 29.7 Å². The molecule has 1 atom stereocenters. The summed E-state index contributed by atoms with van der Waals surface area (Å²) in [5.41, 5.74) is 3.84. The monoisotopic (exact) mass is 293 g/mol. The van der Waals surface area contributed by atoms with Gasteiger partial charge in [0.2, 0.25) is 0 Å². The number of hydrogen-bond donors (Lipinski definition) is 0. The molecule has 3 nitrogen and oxygen atoms in total. The molecule has 2 aliphatic rings. The van der Waals surface area contributed by atoms with Gasteiger partial charge in [-0.05, 0) is 24.1 Å². The van der Waals surface area contributed by atoms with Gasteiger partial charge in [-0.1, -0.05) is 30.3 Å². The van der Waals surface area contributed by atoms with Gasteiger partial charge in [0.05, 0.1) is 13.2 Å². The molecule has 2 aliphatic heterocycles. The third-order valence-corrected chi connectivity index (χ3v) is 4.57. The summed E-state index contributed by atoms with van der Waals surface area (Å²) in [6, 6.07) is 12.7. The van der Waals surface area contributed by atoms with Crippen LogP contribution in [-0.4, -0.2) is 25.1 Å². The van der Waals surface area contributed by atoms with E-state index in [-0.39, 0.29) is 6.04 Å². The minimum atomic E-state index is 0.219. The Morgan fingerprint density at radius 2 is 2.18 bits per heavy atom. The van der Waals surface area contributed by atoms with Crippen molar-refractivity contribution in [3.05, 3.63) is 65.7 Å². The van der Waals surface area contributed by atoms with Crippen molar-refractivity contribution in [2.45, 2.75) is 12.5 Å². The van der Waals surface area contributed by atoms with E-state index in [0.29, 0.717) is 0 Å². The molecule has 2 heterocycles. The molecule has 2 aromatic rings. The average molecular weight is 293 g/mol. The van der Waals surface area contributed by atoms with E-state index in [1.807, 2.05) is 24.3 Å². The lowest BCUT2D eigenvalue weighted by atomic mass is 9.85. The van der Waals surface area contributed by atoms with Gasteiger partial charge >= 0.3 is 0 Å². The predicted molar refractivity (Wildman–Crippen MR) is 86.8 cm³/mol. The van der Waals surface area contributed by atoms with Crippen molar-refractivity contribution in [1.29, 1.82) is 0 Å². The minimum absolute atomic E-state index is 0.219. The van der Waals surface area contributed by atoms with Gasteiger partial charge < -0.3 is 9.47 Å². The topological polar surface area (TPSA) is 21.7 Å². The fourth-order valence-corrected chi connectivity index (χ4v) is 3.60. The molecule has 0 N–H and O–H groups in total. The number of para-hydroxylation sites is 1. The van der Waals surface area contributed by atoms with Gasteiger partial charge in [0.15, 0.2) is 11.5 Å². The van der Waals surface area contributed by atoms with Crippen molar-refractivity contribution < 1.29 is 9.47 Å². The highest BCUT2D eigenvalue weighted by atomic mass is 16.5. The van der Waals surface area contributed by atoms with Gasteiger partial charge in [-0.15, -0.1) is 6.58 Å². The molecule has 0 fully saturated rings. The van der Waals surface area contributed by atoms with Crippen LogP contribution < -0.4 is 9.47 Å². The molecule has 2 aromatic carbocycles. The van der Waals surface area contributed by atoms with E-state index in [9.17, 15) is 0 Å². The Morgan fingerprint density at radius 1 is 1.32 bits per heavy atom. The summed E-state index contributed by atoms with van der Waals surface area (Å²) < 4.78 is 11.7. The van der Waals surface area contributed by atoms with Crippen LogP contribution in [0.15, 0.2) is 49.1 Å². The number of methoxy groups -OCH3 is 1.